The predicted molar refractivity (Wildman–Crippen MR) is 87.2 cm³/mol. The highest BCUT2D eigenvalue weighted by Crippen LogP contribution is 2.28. The largest absolute Gasteiger partial charge is 0.496 e. The molecule has 0 radical (unpaired) electrons. The molecule has 0 bridgehead atoms. The van der Waals surface area contributed by atoms with Gasteiger partial charge in [-0.15, -0.1) is 0 Å². The zero-order valence-electron chi connectivity index (χ0n) is 11.4. The van der Waals surface area contributed by atoms with Crippen molar-refractivity contribution in [1.29, 1.82) is 0 Å². The molecule has 1 aliphatic heterocycles. The Morgan fingerprint density at radius 3 is 2.95 bits per heavy atom. The van der Waals surface area contributed by atoms with E-state index in [1.165, 1.54) is 37.8 Å². The zero-order chi connectivity index (χ0) is 13.7. The van der Waals surface area contributed by atoms with E-state index in [1.54, 1.807) is 7.11 Å². The maximum absolute atomic E-state index is 5.48. The number of methoxy groups -OCH3 is 1. The van der Waals surface area contributed by atoms with E-state index >= 15 is 0 Å². The molecule has 0 saturated carbocycles. The first-order valence-electron chi connectivity index (χ1n) is 6.87. The third-order valence-electron chi connectivity index (χ3n) is 3.81. The second-order valence-corrected chi connectivity index (χ2v) is 6.76. The molecular formula is C15H21Br2NO. The van der Waals surface area contributed by atoms with Crippen LogP contribution >= 0.6 is 31.9 Å². The molecule has 1 fully saturated rings. The lowest BCUT2D eigenvalue weighted by Crippen LogP contribution is -2.39. The molecule has 1 aromatic rings. The summed E-state index contributed by atoms with van der Waals surface area (Å²) in [6.45, 7) is 2.19. The van der Waals surface area contributed by atoms with Crippen molar-refractivity contribution in [3.63, 3.8) is 0 Å². The molecule has 0 N–H and O–H groups in total. The van der Waals surface area contributed by atoms with Gasteiger partial charge in [0.2, 0.25) is 0 Å². The number of likely N-dealkylation sites (tertiary alicyclic amines) is 1. The molecule has 1 aromatic carbocycles. The summed E-state index contributed by atoms with van der Waals surface area (Å²) in [4.78, 5) is 2.61. The molecule has 2 nitrogen and oxygen atoms in total. The Kier molecular flexibility index (Phi) is 6.17. The molecule has 106 valence electrons. The fourth-order valence-corrected chi connectivity index (χ4v) is 3.75. The Bertz CT molecular complexity index is 409. The minimum atomic E-state index is 0.705. The van der Waals surface area contributed by atoms with Gasteiger partial charge in [0.05, 0.1) is 7.11 Å². The van der Waals surface area contributed by atoms with Crippen molar-refractivity contribution >= 4 is 31.9 Å². The Morgan fingerprint density at radius 2 is 2.21 bits per heavy atom. The summed E-state index contributed by atoms with van der Waals surface area (Å²) in [5.41, 5.74) is 1.28. The van der Waals surface area contributed by atoms with Gasteiger partial charge in [0.15, 0.2) is 0 Å². The fourth-order valence-electron chi connectivity index (χ4n) is 2.81. The number of rotatable bonds is 5. The molecular weight excluding hydrogens is 370 g/mol. The highest BCUT2D eigenvalue weighted by atomic mass is 79.9. The minimum absolute atomic E-state index is 0.705. The van der Waals surface area contributed by atoms with E-state index in [-0.39, 0.29) is 0 Å². The molecule has 1 atom stereocenters. The summed E-state index contributed by atoms with van der Waals surface area (Å²) in [7, 11) is 1.75. The van der Waals surface area contributed by atoms with Crippen molar-refractivity contribution in [2.24, 2.45) is 0 Å². The lowest BCUT2D eigenvalue weighted by molar-refractivity contribution is 0.136. The number of nitrogens with zero attached hydrogens (tertiary/aromatic N) is 1. The van der Waals surface area contributed by atoms with Gasteiger partial charge in [0.1, 0.15) is 5.75 Å². The molecule has 0 aliphatic carbocycles. The van der Waals surface area contributed by atoms with E-state index in [0.29, 0.717) is 6.04 Å². The lowest BCUT2D eigenvalue weighted by atomic mass is 9.99. The van der Waals surface area contributed by atoms with Crippen LogP contribution in [0.15, 0.2) is 22.7 Å². The monoisotopic (exact) mass is 389 g/mol. The van der Waals surface area contributed by atoms with Crippen LogP contribution in [0.25, 0.3) is 0 Å². The van der Waals surface area contributed by atoms with E-state index in [4.69, 9.17) is 4.74 Å². The lowest BCUT2D eigenvalue weighted by Gasteiger charge is -2.35. The van der Waals surface area contributed by atoms with Crippen molar-refractivity contribution < 1.29 is 4.74 Å². The zero-order valence-corrected chi connectivity index (χ0v) is 14.5. The van der Waals surface area contributed by atoms with Crippen LogP contribution in [0.5, 0.6) is 5.75 Å². The Hall–Kier alpha value is -0.0600. The van der Waals surface area contributed by atoms with E-state index in [2.05, 4.69) is 42.8 Å². The molecule has 19 heavy (non-hydrogen) atoms. The van der Waals surface area contributed by atoms with Gasteiger partial charge in [-0.25, -0.2) is 0 Å². The number of benzene rings is 1. The van der Waals surface area contributed by atoms with Crippen LogP contribution < -0.4 is 4.74 Å². The van der Waals surface area contributed by atoms with Crippen molar-refractivity contribution in [2.75, 3.05) is 19.0 Å². The van der Waals surface area contributed by atoms with E-state index in [0.717, 1.165) is 22.1 Å². The summed E-state index contributed by atoms with van der Waals surface area (Å²) >= 11 is 7.13. The summed E-state index contributed by atoms with van der Waals surface area (Å²) in [6.07, 6.45) is 5.23. The molecule has 4 heteroatoms. The SMILES string of the molecule is COc1ccc(Br)cc1CN1CCCCC1CCBr. The van der Waals surface area contributed by atoms with Crippen LogP contribution in [-0.2, 0) is 6.54 Å². The number of halogens is 2. The average Bonchev–Trinajstić information content (AvgIpc) is 2.42. The molecule has 0 spiro atoms. The van der Waals surface area contributed by atoms with E-state index in [1.807, 2.05) is 12.1 Å². The van der Waals surface area contributed by atoms with Crippen LogP contribution in [0.3, 0.4) is 0 Å². The standard InChI is InChI=1S/C15H21Br2NO/c1-19-15-6-5-13(17)10-12(15)11-18-9-3-2-4-14(18)7-8-16/h5-6,10,14H,2-4,7-9,11H2,1H3. The van der Waals surface area contributed by atoms with Gasteiger partial charge in [-0.05, 0) is 44.0 Å². The minimum Gasteiger partial charge on any atom is -0.496 e. The average molecular weight is 391 g/mol. The van der Waals surface area contributed by atoms with Crippen molar-refractivity contribution in [2.45, 2.75) is 38.3 Å². The Labute approximate surface area is 132 Å². The summed E-state index contributed by atoms with van der Waals surface area (Å²) < 4.78 is 6.60. The van der Waals surface area contributed by atoms with Crippen LogP contribution in [0.1, 0.15) is 31.2 Å². The first kappa shape index (κ1) is 15.3. The number of ether oxygens (including phenoxy) is 1. The Morgan fingerprint density at radius 1 is 1.37 bits per heavy atom. The van der Waals surface area contributed by atoms with Gasteiger partial charge in [-0.2, -0.15) is 0 Å². The highest BCUT2D eigenvalue weighted by molar-refractivity contribution is 9.10. The third kappa shape index (κ3) is 4.20. The maximum atomic E-state index is 5.48. The molecule has 0 amide bonds. The van der Waals surface area contributed by atoms with Crippen LogP contribution in [0.2, 0.25) is 0 Å². The van der Waals surface area contributed by atoms with Gasteiger partial charge in [-0.3, -0.25) is 4.90 Å². The third-order valence-corrected chi connectivity index (χ3v) is 4.76. The maximum Gasteiger partial charge on any atom is 0.123 e. The van der Waals surface area contributed by atoms with Crippen molar-refractivity contribution in [3.05, 3.63) is 28.2 Å². The quantitative estimate of drug-likeness (QED) is 0.681. The van der Waals surface area contributed by atoms with Gasteiger partial charge < -0.3 is 4.74 Å². The smallest absolute Gasteiger partial charge is 0.123 e. The molecule has 1 heterocycles. The molecule has 1 unspecified atom stereocenters. The molecule has 2 rings (SSSR count). The van der Waals surface area contributed by atoms with E-state index in [9.17, 15) is 0 Å². The summed E-state index contributed by atoms with van der Waals surface area (Å²) in [5, 5.41) is 1.09. The topological polar surface area (TPSA) is 12.5 Å². The van der Waals surface area contributed by atoms with Crippen LogP contribution in [0.4, 0.5) is 0 Å². The fraction of sp³-hybridized carbons (Fsp3) is 0.600. The first-order chi connectivity index (χ1) is 9.24. The molecule has 1 aliphatic rings. The number of hydrogen-bond donors (Lipinski definition) is 0. The highest BCUT2D eigenvalue weighted by Gasteiger charge is 2.22. The van der Waals surface area contributed by atoms with Gasteiger partial charge >= 0.3 is 0 Å². The molecule has 0 aromatic heterocycles. The number of hydrogen-bond acceptors (Lipinski definition) is 2. The second-order valence-electron chi connectivity index (χ2n) is 5.05. The van der Waals surface area contributed by atoms with Crippen LogP contribution in [-0.4, -0.2) is 29.9 Å². The summed E-state index contributed by atoms with van der Waals surface area (Å²) in [6, 6.07) is 6.97. The van der Waals surface area contributed by atoms with E-state index < -0.39 is 0 Å². The van der Waals surface area contributed by atoms with Crippen LogP contribution in [0, 0.1) is 0 Å². The Balaban J connectivity index is 2.11. The van der Waals surface area contributed by atoms with Gasteiger partial charge in [0, 0.05) is 28.0 Å². The second kappa shape index (κ2) is 7.65. The van der Waals surface area contributed by atoms with Gasteiger partial charge in [0.25, 0.3) is 0 Å². The van der Waals surface area contributed by atoms with Crippen molar-refractivity contribution in [1.82, 2.24) is 4.90 Å². The number of piperidine rings is 1. The number of alkyl halides is 1. The predicted octanol–water partition coefficient (Wildman–Crippen LogP) is 4.60. The van der Waals surface area contributed by atoms with Gasteiger partial charge in [-0.1, -0.05) is 38.3 Å². The molecule has 1 saturated heterocycles. The summed E-state index contributed by atoms with van der Waals surface area (Å²) in [5.74, 6) is 0.992. The normalized spacial score (nSPS) is 20.5. The first-order valence-corrected chi connectivity index (χ1v) is 8.78. The van der Waals surface area contributed by atoms with Crippen molar-refractivity contribution in [3.8, 4) is 5.75 Å².